The fourth-order valence-electron chi connectivity index (χ4n) is 0. The van der Waals surface area contributed by atoms with Gasteiger partial charge in [-0.2, -0.15) is 0 Å². The second-order valence-corrected chi connectivity index (χ2v) is 1.13. The Kier molecular flexibility index (Phi) is 60.3. The molecule has 0 aromatic rings. The average Bonchev–Trinajstić information content (AvgIpc) is 1.25. The Morgan fingerprint density at radius 1 is 0.545 bits per heavy atom. The van der Waals surface area contributed by atoms with Crippen LogP contribution in [0, 0.1) is 21.6 Å². The molecule has 0 fully saturated rings. The van der Waals surface area contributed by atoms with E-state index in [9.17, 15) is 0 Å². The standard InChI is InChI=1S/2ClO3.2H2O.Pb/c2*2-1(3)4;;;/h;;2*1H2;/q2*-1;;;+2. The summed E-state index contributed by atoms with van der Waals surface area (Å²) >= 11 is 0. The Bertz CT molecular complexity index is 27.6. The van der Waals surface area contributed by atoms with E-state index < -0.39 is 21.6 Å². The zero-order valence-electron chi connectivity index (χ0n) is 4.71. The summed E-state index contributed by atoms with van der Waals surface area (Å²) in [5, 5.41) is 0. The number of hydrogen-bond acceptors (Lipinski definition) is 6. The van der Waals surface area contributed by atoms with Gasteiger partial charge < -0.3 is 38.9 Å². The largest absolute Gasteiger partial charge is 2.00 e. The summed E-state index contributed by atoms with van der Waals surface area (Å²) in [5.74, 6) is 0. The predicted molar refractivity (Wildman–Crippen MR) is 13.0 cm³/mol. The minimum Gasteiger partial charge on any atom is -0.412 e. The Labute approximate surface area is 87.7 Å². The van der Waals surface area contributed by atoms with E-state index in [2.05, 4.69) is 0 Å². The van der Waals surface area contributed by atoms with Crippen molar-refractivity contribution in [1.82, 2.24) is 0 Å². The zero-order valence-corrected chi connectivity index (χ0v) is 10.1. The van der Waals surface area contributed by atoms with Crippen molar-refractivity contribution < 1.29 is 60.5 Å². The summed E-state index contributed by atoms with van der Waals surface area (Å²) in [5.41, 5.74) is 0. The third kappa shape index (κ3) is 675. The summed E-state index contributed by atoms with van der Waals surface area (Å²) in [7, 11) is -5.70. The smallest absolute Gasteiger partial charge is 0.412 e. The monoisotopic (exact) mass is 410 g/mol. The van der Waals surface area contributed by atoms with Crippen molar-refractivity contribution in [1.29, 1.82) is 0 Å². The molecule has 0 amide bonds. The Morgan fingerprint density at radius 2 is 0.545 bits per heavy atom. The molecular formula is H4Cl2O8Pb. The molecule has 0 aliphatic rings. The van der Waals surface area contributed by atoms with Crippen LogP contribution in [0.1, 0.15) is 0 Å². The molecule has 0 aliphatic carbocycles. The molecular weight excluding hydrogens is 406 g/mol. The molecule has 0 rings (SSSR count). The van der Waals surface area contributed by atoms with E-state index in [0.29, 0.717) is 0 Å². The molecule has 0 heterocycles. The molecule has 0 unspecified atom stereocenters. The molecule has 0 spiro atoms. The first-order chi connectivity index (χ1) is 3.46. The van der Waals surface area contributed by atoms with Crippen LogP contribution >= 0.6 is 0 Å². The van der Waals surface area contributed by atoms with Gasteiger partial charge in [-0.05, 0) is 0 Å². The van der Waals surface area contributed by atoms with Crippen LogP contribution in [0.5, 0.6) is 0 Å². The molecule has 70 valence electrons. The van der Waals surface area contributed by atoms with Gasteiger partial charge in [-0.3, -0.25) is 0 Å². The molecule has 0 saturated carbocycles. The van der Waals surface area contributed by atoms with E-state index in [4.69, 9.17) is 28.0 Å². The fraction of sp³-hybridized carbons (Fsp3) is 0. The van der Waals surface area contributed by atoms with Crippen molar-refractivity contribution in [2.75, 3.05) is 0 Å². The van der Waals surface area contributed by atoms with Crippen molar-refractivity contribution in [2.45, 2.75) is 0 Å². The van der Waals surface area contributed by atoms with Gasteiger partial charge in [-0.15, -0.1) is 0 Å². The van der Waals surface area contributed by atoms with Gasteiger partial charge in [0.05, 0.1) is 21.6 Å². The van der Waals surface area contributed by atoms with Gasteiger partial charge in [-0.1, -0.05) is 0 Å². The van der Waals surface area contributed by atoms with E-state index >= 15 is 0 Å². The summed E-state index contributed by atoms with van der Waals surface area (Å²) in [6, 6.07) is 0. The molecule has 11 heavy (non-hydrogen) atoms. The fourth-order valence-corrected chi connectivity index (χ4v) is 0. The van der Waals surface area contributed by atoms with Crippen LogP contribution in [-0.2, 0) is 0 Å². The summed E-state index contributed by atoms with van der Waals surface area (Å²) in [6.07, 6.45) is 0. The van der Waals surface area contributed by atoms with Gasteiger partial charge in [0, 0.05) is 0 Å². The Morgan fingerprint density at radius 3 is 0.545 bits per heavy atom. The van der Waals surface area contributed by atoms with Crippen LogP contribution in [0.25, 0.3) is 0 Å². The van der Waals surface area contributed by atoms with E-state index in [-0.39, 0.29) is 38.3 Å². The van der Waals surface area contributed by atoms with Crippen LogP contribution in [-0.4, -0.2) is 38.3 Å². The Balaban J connectivity index is -0.0000000171. The van der Waals surface area contributed by atoms with Crippen molar-refractivity contribution in [3.8, 4) is 0 Å². The molecule has 2 radical (unpaired) electrons. The van der Waals surface area contributed by atoms with Crippen LogP contribution < -0.4 is 28.0 Å². The number of rotatable bonds is 0. The van der Waals surface area contributed by atoms with E-state index in [1.165, 1.54) is 0 Å². The van der Waals surface area contributed by atoms with Gasteiger partial charge in [0.15, 0.2) is 0 Å². The Hall–Kier alpha value is 1.18. The molecule has 0 saturated heterocycles. The molecule has 0 bridgehead atoms. The van der Waals surface area contributed by atoms with Gasteiger partial charge in [-0.25, -0.2) is 0 Å². The summed E-state index contributed by atoms with van der Waals surface area (Å²) in [4.78, 5) is 0. The van der Waals surface area contributed by atoms with Crippen molar-refractivity contribution in [3.63, 3.8) is 0 Å². The average molecular weight is 410 g/mol. The normalized spacial score (nSPS) is 6.55. The molecule has 0 aromatic carbocycles. The maximum atomic E-state index is 8.41. The van der Waals surface area contributed by atoms with Crippen LogP contribution in [0.2, 0.25) is 0 Å². The van der Waals surface area contributed by atoms with E-state index in [1.807, 2.05) is 0 Å². The third-order valence-electron chi connectivity index (χ3n) is 0. The molecule has 4 N–H and O–H groups in total. The van der Waals surface area contributed by atoms with E-state index in [0.717, 1.165) is 0 Å². The molecule has 0 atom stereocenters. The second kappa shape index (κ2) is 22.5. The molecule has 0 aromatic heterocycles. The minimum absolute atomic E-state index is 0. The quantitative estimate of drug-likeness (QED) is 0.355. The number of hydrogen-bond donors (Lipinski definition) is 0. The van der Waals surface area contributed by atoms with Crippen molar-refractivity contribution >= 4 is 27.3 Å². The topological polar surface area (TPSA) is 201 Å². The third-order valence-corrected chi connectivity index (χ3v) is 0. The van der Waals surface area contributed by atoms with Gasteiger partial charge >= 0.3 is 27.3 Å². The van der Waals surface area contributed by atoms with E-state index in [1.54, 1.807) is 0 Å². The van der Waals surface area contributed by atoms with Gasteiger partial charge in [0.25, 0.3) is 0 Å². The maximum Gasteiger partial charge on any atom is 2.00 e. The molecule has 8 nitrogen and oxygen atoms in total. The summed E-state index contributed by atoms with van der Waals surface area (Å²) < 4.78 is 50.4. The van der Waals surface area contributed by atoms with Gasteiger partial charge in [0.1, 0.15) is 0 Å². The van der Waals surface area contributed by atoms with Gasteiger partial charge in [0.2, 0.25) is 0 Å². The van der Waals surface area contributed by atoms with Crippen molar-refractivity contribution in [2.24, 2.45) is 0 Å². The summed E-state index contributed by atoms with van der Waals surface area (Å²) in [6.45, 7) is 0. The SMILES string of the molecule is O.O.[O-][Cl+2]([O-])[O-].[O-][Cl+2]([O-])[O-].[Pb+2]. The second-order valence-electron chi connectivity index (χ2n) is 0.378. The van der Waals surface area contributed by atoms with Crippen LogP contribution in [0.3, 0.4) is 0 Å². The predicted octanol–water partition coefficient (Wildman–Crippen LogP) is -9.16. The first-order valence-electron chi connectivity index (χ1n) is 0.926. The molecule has 0 aliphatic heterocycles. The maximum absolute atomic E-state index is 8.41. The first kappa shape index (κ1) is 29.5. The first-order valence-corrected chi connectivity index (χ1v) is 2.78. The van der Waals surface area contributed by atoms with Crippen molar-refractivity contribution in [3.05, 3.63) is 0 Å². The molecule has 11 heteroatoms. The number of halogens is 2. The van der Waals surface area contributed by atoms with Crippen LogP contribution in [0.15, 0.2) is 0 Å². The van der Waals surface area contributed by atoms with Crippen LogP contribution in [0.4, 0.5) is 0 Å². The minimum atomic E-state index is -2.85. The zero-order chi connectivity index (χ0) is 7.15.